The summed E-state index contributed by atoms with van der Waals surface area (Å²) in [6.45, 7) is 1.65. The van der Waals surface area contributed by atoms with E-state index in [1.54, 1.807) is 29.1 Å². The van der Waals surface area contributed by atoms with Crippen molar-refractivity contribution in [3.8, 4) is 0 Å². The van der Waals surface area contributed by atoms with E-state index in [0.717, 1.165) is 0 Å². The lowest BCUT2D eigenvalue weighted by Gasteiger charge is -2.46. The molecule has 1 heterocycles. The van der Waals surface area contributed by atoms with Crippen molar-refractivity contribution in [2.24, 2.45) is 0 Å². The number of rotatable bonds is 8. The Labute approximate surface area is 404 Å². The Balaban J connectivity index is 0.000000483. The average Bonchev–Trinajstić information content (AvgIpc) is 3.27. The van der Waals surface area contributed by atoms with Crippen molar-refractivity contribution < 1.29 is 120 Å². The number of carbonyl (C=O) groups is 2. The van der Waals surface area contributed by atoms with Gasteiger partial charge in [0, 0.05) is 12.5 Å². The molecule has 0 unspecified atom stereocenters. The van der Waals surface area contributed by atoms with E-state index in [1.165, 1.54) is 13.1 Å². The predicted molar refractivity (Wildman–Crippen MR) is 215 cm³/mol. The summed E-state index contributed by atoms with van der Waals surface area (Å²) in [6.07, 6.45) is -50.0. The van der Waals surface area contributed by atoms with Gasteiger partial charge in [0.1, 0.15) is 6.15 Å². The van der Waals surface area contributed by atoms with Gasteiger partial charge in [-0.1, -0.05) is 78.9 Å². The van der Waals surface area contributed by atoms with Gasteiger partial charge in [0.2, 0.25) is 12.3 Å². The molecule has 0 aliphatic heterocycles. The summed E-state index contributed by atoms with van der Waals surface area (Å²) < 4.78 is 342. The maximum Gasteiger partial charge on any atom is 0.416 e. The third-order valence-electron chi connectivity index (χ3n) is 11.0. The van der Waals surface area contributed by atoms with E-state index >= 15 is 0 Å². The summed E-state index contributed by atoms with van der Waals surface area (Å²) in [5, 5.41) is 0. The van der Waals surface area contributed by atoms with E-state index in [4.69, 9.17) is 0 Å². The second-order valence-electron chi connectivity index (χ2n) is 16.2. The topological polar surface area (TPSA) is 50.9 Å². The first-order valence-electron chi connectivity index (χ1n) is 20.2. The van der Waals surface area contributed by atoms with Crippen LogP contribution in [0.15, 0.2) is 122 Å². The van der Waals surface area contributed by atoms with Crippen LogP contribution in [0.3, 0.4) is 0 Å². The number of Topliss-reactive ketones (excluding diaryl/α,β-unsaturated/α-hetero) is 2. The van der Waals surface area contributed by atoms with E-state index in [0.29, 0.717) is 11.3 Å². The van der Waals surface area contributed by atoms with Crippen LogP contribution >= 0.6 is 0 Å². The fourth-order valence-corrected chi connectivity index (χ4v) is 7.66. The van der Waals surface area contributed by atoms with Crippen molar-refractivity contribution in [2.45, 2.75) is 62.9 Å². The van der Waals surface area contributed by atoms with Crippen LogP contribution < -0.4 is 26.4 Å². The molecule has 29 heteroatoms. The molecule has 0 fully saturated rings. The van der Waals surface area contributed by atoms with E-state index in [2.05, 4.69) is 4.98 Å². The number of aromatic nitrogens is 2. The highest BCUT2D eigenvalue weighted by atomic mass is 19.4. The molecule has 75 heavy (non-hydrogen) atoms. The smallest absolute Gasteiger partial charge is 0.293 e. The Kier molecular flexibility index (Phi) is 15.8. The van der Waals surface area contributed by atoms with Crippen molar-refractivity contribution in [1.82, 2.24) is 4.98 Å². The number of alkyl halides is 24. The normalized spacial score (nSPS) is 13.3. The molecule has 0 saturated carbocycles. The van der Waals surface area contributed by atoms with Gasteiger partial charge in [0.25, 0.3) is 0 Å². The van der Waals surface area contributed by atoms with Gasteiger partial charge in [-0.3, -0.25) is 9.59 Å². The highest BCUT2D eigenvalue weighted by molar-refractivity contribution is 7.20. The lowest BCUT2D eigenvalue weighted by Crippen LogP contribution is -2.75. The van der Waals surface area contributed by atoms with Crippen molar-refractivity contribution >= 4 is 39.6 Å². The molecule has 0 amide bonds. The molecule has 0 atom stereocenters. The summed E-state index contributed by atoms with van der Waals surface area (Å²) in [7, 11) is 0. The Morgan fingerprint density at radius 3 is 0.893 bits per heavy atom. The summed E-state index contributed by atoms with van der Waals surface area (Å²) in [6, 6.07) is 0.252. The largest absolute Gasteiger partial charge is 0.416 e. The lowest BCUT2D eigenvalue weighted by molar-refractivity contribution is -0.683. The molecule has 0 bridgehead atoms. The molecule has 0 saturated heterocycles. The molecule has 1 aromatic heterocycles. The highest BCUT2D eigenvalue weighted by Crippen LogP contribution is 2.41. The van der Waals surface area contributed by atoms with Crippen LogP contribution in [0.25, 0.3) is 0 Å². The molecule has 6 rings (SSSR count). The molecule has 402 valence electrons. The van der Waals surface area contributed by atoms with Crippen LogP contribution in [0.2, 0.25) is 0 Å². The predicted octanol–water partition coefficient (Wildman–Crippen LogP) is 12.7. The Hall–Kier alpha value is -7.10. The second kappa shape index (κ2) is 20.2. The molecule has 0 aliphatic rings. The molecular weight excluding hydrogens is 1080 g/mol. The molecular formula is C46H25BF24N2O2. The lowest BCUT2D eigenvalue weighted by atomic mass is 9.12. The summed E-state index contributed by atoms with van der Waals surface area (Å²) in [4.78, 5) is 27.1. The van der Waals surface area contributed by atoms with Crippen LogP contribution in [0.4, 0.5) is 105 Å². The van der Waals surface area contributed by atoms with Crippen molar-refractivity contribution in [1.29, 1.82) is 0 Å². The number of hydrogen-bond donors (Lipinski definition) is 0. The molecule has 5 aromatic carbocycles. The van der Waals surface area contributed by atoms with Gasteiger partial charge in [-0.05, 0) is 24.3 Å². The van der Waals surface area contributed by atoms with Crippen LogP contribution in [-0.4, -0.2) is 22.7 Å². The molecule has 0 N–H and O–H groups in total. The van der Waals surface area contributed by atoms with Gasteiger partial charge in [-0.15, -0.1) is 0 Å². The van der Waals surface area contributed by atoms with Crippen molar-refractivity contribution in [3.63, 3.8) is 0 Å². The fraction of sp³-hybridized carbons (Fsp3) is 0.217. The number of carbonyl (C=O) groups excluding carboxylic acids is 2. The van der Waals surface area contributed by atoms with Crippen LogP contribution in [0, 0.1) is 0 Å². The number of benzene rings is 5. The number of ketones is 2. The van der Waals surface area contributed by atoms with E-state index < -0.39 is 195 Å². The van der Waals surface area contributed by atoms with Crippen molar-refractivity contribution in [2.75, 3.05) is 0 Å². The first-order valence-corrected chi connectivity index (χ1v) is 20.2. The molecule has 0 aliphatic carbocycles. The fourth-order valence-electron chi connectivity index (χ4n) is 7.66. The Bertz CT molecular complexity index is 2640. The first-order chi connectivity index (χ1) is 33.9. The van der Waals surface area contributed by atoms with Crippen LogP contribution in [0.5, 0.6) is 0 Å². The maximum absolute atomic E-state index is 14.2. The van der Waals surface area contributed by atoms with Crippen molar-refractivity contribution in [3.05, 3.63) is 177 Å². The minimum Gasteiger partial charge on any atom is -0.293 e. The van der Waals surface area contributed by atoms with Gasteiger partial charge in [0.15, 0.2) is 23.9 Å². The summed E-state index contributed by atoms with van der Waals surface area (Å²) in [5.74, 6) is -0.113. The quantitative estimate of drug-likeness (QED) is 0.0660. The monoisotopic (exact) mass is 1100 g/mol. The molecule has 6 aromatic rings. The molecule has 0 radical (unpaired) electrons. The summed E-state index contributed by atoms with van der Waals surface area (Å²) in [5.41, 5.74) is -29.2. The van der Waals surface area contributed by atoms with Gasteiger partial charge >= 0.3 is 49.4 Å². The second-order valence-corrected chi connectivity index (χ2v) is 16.2. The van der Waals surface area contributed by atoms with Crippen LogP contribution in [-0.2, 0) is 56.0 Å². The van der Waals surface area contributed by atoms with Gasteiger partial charge in [-0.25, -0.2) is 4.98 Å². The highest BCUT2D eigenvalue weighted by Gasteiger charge is 2.47. The maximum atomic E-state index is 14.2. The van der Waals surface area contributed by atoms with E-state index in [-0.39, 0.29) is 18.1 Å². The zero-order valence-corrected chi connectivity index (χ0v) is 36.6. The minimum atomic E-state index is -6.13. The number of nitrogens with zero attached hydrogens (tertiary/aromatic N) is 2. The Morgan fingerprint density at radius 1 is 0.413 bits per heavy atom. The van der Waals surface area contributed by atoms with Gasteiger partial charge in [0.05, 0.1) is 50.7 Å². The zero-order valence-electron chi connectivity index (χ0n) is 36.6. The van der Waals surface area contributed by atoms with Gasteiger partial charge < -0.3 is 0 Å². The average molecular weight is 1100 g/mol. The number of hydrogen-bond acceptors (Lipinski definition) is 3. The summed E-state index contributed by atoms with van der Waals surface area (Å²) >= 11 is 0. The SMILES string of the molecule is CC(=O)c1c[n+](CC(=O)c2ccccc2)ccn1.FC(F)(F)c1cc([B-](c2cc(C(F)(F)F)cc(C(F)(F)F)c2)(c2cc(C(F)(F)F)cc(C(F)(F)F)c2)c2cc(C(F)(F)F)cc(C(F)(F)F)c2)cc(C(F)(F)F)c1. The minimum absolute atomic E-state index is 0.00121. The van der Waals surface area contributed by atoms with E-state index in [1.807, 2.05) is 18.2 Å². The van der Waals surface area contributed by atoms with E-state index in [9.17, 15) is 115 Å². The first kappa shape index (κ1) is 58.8. The molecule has 4 nitrogen and oxygen atoms in total. The van der Waals surface area contributed by atoms with Gasteiger partial charge in [-0.2, -0.15) is 132 Å². The standard InChI is InChI=1S/C32H12BF24.C14H13N2O2/c34-25(35,36)13-1-14(26(37,38)39)6-21(5-13)33(22-7-15(27(40,41)42)2-16(8-22)28(43,44)45,23-9-17(29(46,47)48)3-18(10-23)30(49,50)51)24-11-19(31(52,53)54)4-20(12-24)32(55,56)57;1-11(17)13-9-16(8-7-15-13)10-14(18)12-5-3-2-4-6-12/h1-12H;2-9H,10H2,1H3/q-1;+1. The Morgan fingerprint density at radius 2 is 0.667 bits per heavy atom. The zero-order chi connectivity index (χ0) is 56.9. The third-order valence-corrected chi connectivity index (χ3v) is 11.0. The molecule has 0 spiro atoms. The number of halogens is 24. The third kappa shape index (κ3) is 13.8. The van der Waals surface area contributed by atoms with Crippen LogP contribution in [0.1, 0.15) is 72.3 Å².